The SMILES string of the molecule is Cc1cc(C)n(C(=O)CCn2nc(C)c([N+](=O)[O-])c2C)n1. The van der Waals surface area contributed by atoms with Gasteiger partial charge in [0.2, 0.25) is 5.91 Å². The molecule has 0 fully saturated rings. The quantitative estimate of drug-likeness (QED) is 0.633. The standard InChI is InChI=1S/C13H17N5O3/c1-8-7-9(2)17(14-8)12(19)5-6-16-11(4)13(18(20)21)10(3)15-16/h7H,5-6H2,1-4H3. The Balaban J connectivity index is 2.14. The first kappa shape index (κ1) is 14.9. The van der Waals surface area contributed by atoms with E-state index in [1.807, 2.05) is 19.9 Å². The van der Waals surface area contributed by atoms with E-state index in [4.69, 9.17) is 0 Å². The monoisotopic (exact) mass is 291 g/mol. The van der Waals surface area contributed by atoms with Crippen LogP contribution in [0.15, 0.2) is 6.07 Å². The summed E-state index contributed by atoms with van der Waals surface area (Å²) >= 11 is 0. The second-order valence-corrected chi connectivity index (χ2v) is 4.98. The van der Waals surface area contributed by atoms with Crippen molar-refractivity contribution in [3.05, 3.63) is 39.0 Å². The van der Waals surface area contributed by atoms with Gasteiger partial charge in [0.15, 0.2) is 0 Å². The second-order valence-electron chi connectivity index (χ2n) is 4.98. The van der Waals surface area contributed by atoms with Gasteiger partial charge in [-0.25, -0.2) is 4.68 Å². The van der Waals surface area contributed by atoms with Crippen LogP contribution in [0.2, 0.25) is 0 Å². The molecule has 0 radical (unpaired) electrons. The molecule has 0 amide bonds. The number of carbonyl (C=O) groups is 1. The molecular formula is C13H17N5O3. The van der Waals surface area contributed by atoms with E-state index in [0.29, 0.717) is 11.4 Å². The summed E-state index contributed by atoms with van der Waals surface area (Å²) in [5.41, 5.74) is 2.38. The third-order valence-electron chi connectivity index (χ3n) is 3.31. The summed E-state index contributed by atoms with van der Waals surface area (Å²) < 4.78 is 2.85. The van der Waals surface area contributed by atoms with Crippen molar-refractivity contribution in [3.8, 4) is 0 Å². The Bertz CT molecular complexity index is 714. The highest BCUT2D eigenvalue weighted by molar-refractivity contribution is 5.78. The molecule has 21 heavy (non-hydrogen) atoms. The molecule has 2 heterocycles. The summed E-state index contributed by atoms with van der Waals surface area (Å²) in [5.74, 6) is -0.157. The van der Waals surface area contributed by atoms with Gasteiger partial charge in [-0.1, -0.05) is 0 Å². The summed E-state index contributed by atoms with van der Waals surface area (Å²) in [6, 6.07) is 1.83. The molecule has 8 heteroatoms. The van der Waals surface area contributed by atoms with E-state index < -0.39 is 4.92 Å². The largest absolute Gasteiger partial charge is 0.312 e. The van der Waals surface area contributed by atoms with Gasteiger partial charge in [0.05, 0.1) is 17.2 Å². The average molecular weight is 291 g/mol. The molecule has 0 N–H and O–H groups in total. The predicted octanol–water partition coefficient (Wildman–Crippen LogP) is 1.95. The lowest BCUT2D eigenvalue weighted by atomic mass is 10.3. The zero-order valence-corrected chi connectivity index (χ0v) is 12.5. The molecule has 2 aromatic rings. The summed E-state index contributed by atoms with van der Waals surface area (Å²) in [6.07, 6.45) is 0.182. The first-order valence-electron chi connectivity index (χ1n) is 6.56. The molecule has 0 unspecified atom stereocenters. The van der Waals surface area contributed by atoms with E-state index in [1.165, 1.54) is 9.36 Å². The number of nitro groups is 1. The van der Waals surface area contributed by atoms with Crippen molar-refractivity contribution in [3.63, 3.8) is 0 Å². The Morgan fingerprint density at radius 2 is 1.95 bits per heavy atom. The van der Waals surface area contributed by atoms with Crippen LogP contribution >= 0.6 is 0 Å². The molecule has 0 saturated carbocycles. The fourth-order valence-electron chi connectivity index (χ4n) is 2.36. The number of aromatic nitrogens is 4. The van der Waals surface area contributed by atoms with E-state index in [-0.39, 0.29) is 24.6 Å². The fraction of sp³-hybridized carbons (Fsp3) is 0.462. The normalized spacial score (nSPS) is 10.9. The van der Waals surface area contributed by atoms with E-state index in [2.05, 4.69) is 10.2 Å². The first-order valence-corrected chi connectivity index (χ1v) is 6.56. The molecule has 2 rings (SSSR count). The van der Waals surface area contributed by atoms with Crippen LogP contribution in [-0.2, 0) is 6.54 Å². The smallest absolute Gasteiger partial charge is 0.272 e. The Kier molecular flexibility index (Phi) is 3.88. The summed E-state index contributed by atoms with van der Waals surface area (Å²) in [6.45, 7) is 7.14. The molecule has 8 nitrogen and oxygen atoms in total. The molecule has 0 aliphatic carbocycles. The zero-order chi connectivity index (χ0) is 15.7. The van der Waals surface area contributed by atoms with Crippen molar-refractivity contribution in [2.45, 2.75) is 40.7 Å². The molecule has 112 valence electrons. The van der Waals surface area contributed by atoms with Crippen molar-refractivity contribution in [2.75, 3.05) is 0 Å². The molecule has 0 spiro atoms. The Hall–Kier alpha value is -2.51. The number of hydrogen-bond donors (Lipinski definition) is 0. The molecular weight excluding hydrogens is 274 g/mol. The predicted molar refractivity (Wildman–Crippen MR) is 75.3 cm³/mol. The number of aryl methyl sites for hydroxylation is 4. The minimum absolute atomic E-state index is 0.00793. The Morgan fingerprint density at radius 1 is 1.29 bits per heavy atom. The van der Waals surface area contributed by atoms with Gasteiger partial charge in [-0.05, 0) is 33.8 Å². The van der Waals surface area contributed by atoms with Gasteiger partial charge in [-0.15, -0.1) is 0 Å². The van der Waals surface area contributed by atoms with E-state index >= 15 is 0 Å². The van der Waals surface area contributed by atoms with Crippen LogP contribution in [-0.4, -0.2) is 30.4 Å². The molecule has 2 aromatic heterocycles. The fourth-order valence-corrected chi connectivity index (χ4v) is 2.36. The van der Waals surface area contributed by atoms with Gasteiger partial charge in [0, 0.05) is 12.1 Å². The van der Waals surface area contributed by atoms with E-state index in [9.17, 15) is 14.9 Å². The molecule has 0 atom stereocenters. The first-order chi connectivity index (χ1) is 9.81. The maximum atomic E-state index is 12.1. The van der Waals surface area contributed by atoms with Gasteiger partial charge in [-0.3, -0.25) is 19.6 Å². The third-order valence-corrected chi connectivity index (χ3v) is 3.31. The lowest BCUT2D eigenvalue weighted by molar-refractivity contribution is -0.386. The van der Waals surface area contributed by atoms with Crippen LogP contribution in [0.4, 0.5) is 5.69 Å². The molecule has 0 bridgehead atoms. The number of rotatable bonds is 4. The average Bonchev–Trinajstić information content (AvgIpc) is 2.86. The lowest BCUT2D eigenvalue weighted by Gasteiger charge is -2.04. The molecule has 0 aromatic carbocycles. The minimum atomic E-state index is -0.447. The van der Waals surface area contributed by atoms with Gasteiger partial charge in [0.25, 0.3) is 0 Å². The molecule has 0 saturated heterocycles. The Labute approximate surface area is 121 Å². The van der Waals surface area contributed by atoms with E-state index in [0.717, 1.165) is 11.4 Å². The van der Waals surface area contributed by atoms with Crippen LogP contribution in [0.5, 0.6) is 0 Å². The number of hydrogen-bond acceptors (Lipinski definition) is 5. The zero-order valence-electron chi connectivity index (χ0n) is 12.5. The lowest BCUT2D eigenvalue weighted by Crippen LogP contribution is -2.17. The van der Waals surface area contributed by atoms with Crippen LogP contribution in [0.1, 0.15) is 34.0 Å². The van der Waals surface area contributed by atoms with Gasteiger partial charge in [0.1, 0.15) is 11.4 Å². The van der Waals surface area contributed by atoms with Crippen molar-refractivity contribution in [2.24, 2.45) is 0 Å². The summed E-state index contributed by atoms with van der Waals surface area (Å²) in [5, 5.41) is 19.2. The maximum absolute atomic E-state index is 12.1. The second kappa shape index (κ2) is 5.47. The highest BCUT2D eigenvalue weighted by Gasteiger charge is 2.22. The van der Waals surface area contributed by atoms with Crippen LogP contribution in [0.25, 0.3) is 0 Å². The van der Waals surface area contributed by atoms with Gasteiger partial charge < -0.3 is 0 Å². The molecule has 0 aliphatic heterocycles. The van der Waals surface area contributed by atoms with Gasteiger partial charge in [-0.2, -0.15) is 10.2 Å². The highest BCUT2D eigenvalue weighted by atomic mass is 16.6. The Morgan fingerprint density at radius 3 is 2.43 bits per heavy atom. The maximum Gasteiger partial charge on any atom is 0.312 e. The summed E-state index contributed by atoms with van der Waals surface area (Å²) in [7, 11) is 0. The molecule has 0 aliphatic rings. The van der Waals surface area contributed by atoms with Crippen molar-refractivity contribution >= 4 is 11.6 Å². The highest BCUT2D eigenvalue weighted by Crippen LogP contribution is 2.21. The summed E-state index contributed by atoms with van der Waals surface area (Å²) in [4.78, 5) is 22.6. The number of carbonyl (C=O) groups excluding carboxylic acids is 1. The van der Waals surface area contributed by atoms with Crippen LogP contribution in [0, 0.1) is 37.8 Å². The third kappa shape index (κ3) is 2.83. The topological polar surface area (TPSA) is 95.8 Å². The van der Waals surface area contributed by atoms with Crippen LogP contribution < -0.4 is 0 Å². The van der Waals surface area contributed by atoms with Crippen LogP contribution in [0.3, 0.4) is 0 Å². The van der Waals surface area contributed by atoms with Crippen molar-refractivity contribution < 1.29 is 9.72 Å². The van der Waals surface area contributed by atoms with Crippen molar-refractivity contribution in [1.29, 1.82) is 0 Å². The van der Waals surface area contributed by atoms with E-state index in [1.54, 1.807) is 13.8 Å². The van der Waals surface area contributed by atoms with Gasteiger partial charge >= 0.3 is 5.69 Å². The van der Waals surface area contributed by atoms with Crippen molar-refractivity contribution in [1.82, 2.24) is 19.6 Å². The number of nitrogens with zero attached hydrogens (tertiary/aromatic N) is 5. The minimum Gasteiger partial charge on any atom is -0.272 e.